The largest absolute Gasteiger partial charge is 0.443 e. The number of hydrogen-bond donors (Lipinski definition) is 2. The molecule has 10 nitrogen and oxygen atoms in total. The Balaban J connectivity index is 2.50. The maximum absolute atomic E-state index is 13.4. The number of carbonyl (C=O) groups excluding carboxylic acids is 3. The van der Waals surface area contributed by atoms with Crippen LogP contribution in [0.5, 0.6) is 0 Å². The van der Waals surface area contributed by atoms with Crippen LogP contribution in [0.25, 0.3) is 0 Å². The van der Waals surface area contributed by atoms with E-state index in [0.29, 0.717) is 31.1 Å². The summed E-state index contributed by atoms with van der Waals surface area (Å²) in [5.41, 5.74) is -0.881. The molecule has 1 fully saturated rings. The van der Waals surface area contributed by atoms with E-state index in [0.717, 1.165) is 10.6 Å². The van der Waals surface area contributed by atoms with Gasteiger partial charge in [0.25, 0.3) is 5.91 Å². The first-order valence-corrected chi connectivity index (χ1v) is 11.6. The van der Waals surface area contributed by atoms with E-state index in [1.165, 1.54) is 12.1 Å². The van der Waals surface area contributed by atoms with Crippen molar-refractivity contribution in [2.24, 2.45) is 0 Å². The molecule has 34 heavy (non-hydrogen) atoms. The van der Waals surface area contributed by atoms with Gasteiger partial charge < -0.3 is 14.8 Å². The quantitative estimate of drug-likeness (QED) is 0.372. The van der Waals surface area contributed by atoms with Gasteiger partial charge in [0.1, 0.15) is 11.2 Å². The highest BCUT2D eigenvalue weighted by Gasteiger charge is 2.40. The average Bonchev–Trinajstić information content (AvgIpc) is 2.72. The molecule has 0 bridgehead atoms. The molecule has 2 rings (SSSR count). The smallest absolute Gasteiger partial charge is 0.432 e. The molecule has 1 aliphatic heterocycles. The number of hydrogen-bond acceptors (Lipinski definition) is 8. The highest BCUT2D eigenvalue weighted by molar-refractivity contribution is 6.17. The van der Waals surface area contributed by atoms with Crippen molar-refractivity contribution in [2.75, 3.05) is 26.2 Å². The number of imide groups is 1. The van der Waals surface area contributed by atoms with Crippen LogP contribution in [-0.4, -0.2) is 76.4 Å². The fourth-order valence-electron chi connectivity index (χ4n) is 3.03. The molecule has 0 spiro atoms. The zero-order chi connectivity index (χ0) is 25.7. The van der Waals surface area contributed by atoms with Crippen molar-refractivity contribution in [3.8, 4) is 0 Å². The highest BCUT2D eigenvalue weighted by atomic mass is 35.5. The Bertz CT molecular complexity index is 902. The Labute approximate surface area is 205 Å². The average molecular weight is 496 g/mol. The number of guanidine groups is 1. The first-order chi connectivity index (χ1) is 15.7. The van der Waals surface area contributed by atoms with Crippen molar-refractivity contribution in [1.29, 1.82) is 5.41 Å². The van der Waals surface area contributed by atoms with Crippen LogP contribution >= 0.6 is 11.6 Å². The van der Waals surface area contributed by atoms with E-state index in [2.05, 4.69) is 5.32 Å². The van der Waals surface area contributed by atoms with Crippen LogP contribution in [0.2, 0.25) is 0 Å². The number of rotatable bonds is 3. The molecule has 0 aromatic heterocycles. The van der Waals surface area contributed by atoms with E-state index in [4.69, 9.17) is 26.5 Å². The fourth-order valence-corrected chi connectivity index (χ4v) is 3.21. The number of benzene rings is 1. The summed E-state index contributed by atoms with van der Waals surface area (Å²) in [5, 5.41) is 14.5. The van der Waals surface area contributed by atoms with Crippen molar-refractivity contribution >= 4 is 35.7 Å². The van der Waals surface area contributed by atoms with Gasteiger partial charge in [0.05, 0.1) is 0 Å². The molecule has 1 aromatic carbocycles. The molecule has 0 aliphatic carbocycles. The van der Waals surface area contributed by atoms with Gasteiger partial charge in [-0.15, -0.1) is 11.6 Å². The summed E-state index contributed by atoms with van der Waals surface area (Å²) in [6.45, 7) is 11.8. The maximum Gasteiger partial charge on any atom is 0.432 e. The number of carbonyl (C=O) groups is 3. The summed E-state index contributed by atoms with van der Waals surface area (Å²) in [5.74, 6) is -1.24. The minimum Gasteiger partial charge on any atom is -0.443 e. The minimum absolute atomic E-state index is 0.133. The first kappa shape index (κ1) is 27.6. The van der Waals surface area contributed by atoms with Crippen LogP contribution in [0.15, 0.2) is 24.3 Å². The maximum atomic E-state index is 13.4. The molecule has 0 atom stereocenters. The molecular formula is C23H34ClN5O5. The van der Waals surface area contributed by atoms with E-state index >= 15 is 0 Å². The summed E-state index contributed by atoms with van der Waals surface area (Å²) in [4.78, 5) is 40.3. The van der Waals surface area contributed by atoms with Crippen molar-refractivity contribution < 1.29 is 23.9 Å². The molecule has 1 heterocycles. The van der Waals surface area contributed by atoms with Gasteiger partial charge in [-0.05, 0) is 59.2 Å². The normalized spacial score (nSPS) is 14.8. The predicted molar refractivity (Wildman–Crippen MR) is 129 cm³/mol. The molecule has 1 aromatic rings. The van der Waals surface area contributed by atoms with Crippen molar-refractivity contribution in [3.63, 3.8) is 0 Å². The third-order valence-electron chi connectivity index (χ3n) is 4.49. The number of piperazine rings is 1. The number of amides is 3. The molecule has 1 saturated heterocycles. The Morgan fingerprint density at radius 1 is 0.971 bits per heavy atom. The Kier molecular flexibility index (Phi) is 9.04. The topological polar surface area (TPSA) is 115 Å². The predicted octanol–water partition coefficient (Wildman–Crippen LogP) is 3.79. The van der Waals surface area contributed by atoms with E-state index in [9.17, 15) is 14.4 Å². The fraction of sp³-hybridized carbons (Fsp3) is 0.565. The van der Waals surface area contributed by atoms with Gasteiger partial charge in [0.15, 0.2) is 0 Å². The first-order valence-electron chi connectivity index (χ1n) is 11.0. The highest BCUT2D eigenvalue weighted by Crippen LogP contribution is 2.19. The van der Waals surface area contributed by atoms with Crippen molar-refractivity contribution in [3.05, 3.63) is 35.4 Å². The molecule has 3 amide bonds. The zero-order valence-corrected chi connectivity index (χ0v) is 21.4. The number of ether oxygens (including phenoxy) is 2. The van der Waals surface area contributed by atoms with Gasteiger partial charge in [-0.2, -0.15) is 9.91 Å². The van der Waals surface area contributed by atoms with Crippen LogP contribution in [0.1, 0.15) is 57.5 Å². The van der Waals surface area contributed by atoms with Crippen LogP contribution in [0.4, 0.5) is 9.59 Å². The lowest BCUT2D eigenvalue weighted by molar-refractivity contribution is -0.0260. The summed E-state index contributed by atoms with van der Waals surface area (Å²) in [6, 6.07) is 6.32. The number of alkyl halides is 1. The summed E-state index contributed by atoms with van der Waals surface area (Å²) >= 11 is 5.84. The van der Waals surface area contributed by atoms with Crippen LogP contribution in [-0.2, 0) is 15.4 Å². The standard InChI is InChI=1S/C23H34ClN5O5/c1-22(2,3)33-20(31)28(18(30)17-9-7-16(15-24)8-10-17)19(25)29(21(32)34-23(4,5)6)27-13-11-26-12-14-27/h7-10,25-26H,11-15H2,1-6H3. The molecule has 11 heteroatoms. The number of nitrogens with zero attached hydrogens (tertiary/aromatic N) is 3. The van der Waals surface area contributed by atoms with E-state index in [-0.39, 0.29) is 11.4 Å². The van der Waals surface area contributed by atoms with Crippen molar-refractivity contribution in [2.45, 2.75) is 58.6 Å². The van der Waals surface area contributed by atoms with Gasteiger partial charge in [0.2, 0.25) is 5.96 Å². The molecule has 0 unspecified atom stereocenters. The molecular weight excluding hydrogens is 462 g/mol. The van der Waals surface area contributed by atoms with E-state index in [1.54, 1.807) is 58.7 Å². The Morgan fingerprint density at radius 2 is 1.47 bits per heavy atom. The van der Waals surface area contributed by atoms with Gasteiger partial charge in [-0.25, -0.2) is 14.6 Å². The van der Waals surface area contributed by atoms with Crippen molar-refractivity contribution in [1.82, 2.24) is 20.2 Å². The van der Waals surface area contributed by atoms with Crippen LogP contribution in [0.3, 0.4) is 0 Å². The molecule has 2 N–H and O–H groups in total. The Hall–Kier alpha value is -2.69. The lowest BCUT2D eigenvalue weighted by Gasteiger charge is -2.39. The van der Waals surface area contributed by atoms with Crippen LogP contribution < -0.4 is 5.32 Å². The van der Waals surface area contributed by atoms with E-state index in [1.807, 2.05) is 0 Å². The SMILES string of the molecule is CC(C)(C)OC(=O)N(C(=N)N(C(=O)OC(C)(C)C)N1CCNCC1)C(=O)c1ccc(CCl)cc1. The monoisotopic (exact) mass is 495 g/mol. The summed E-state index contributed by atoms with van der Waals surface area (Å²) < 4.78 is 10.9. The minimum atomic E-state index is -1.08. The molecule has 1 aliphatic rings. The van der Waals surface area contributed by atoms with Gasteiger partial charge in [-0.3, -0.25) is 10.2 Å². The third-order valence-corrected chi connectivity index (χ3v) is 4.80. The third kappa shape index (κ3) is 7.68. The van der Waals surface area contributed by atoms with Crippen LogP contribution in [0, 0.1) is 5.41 Å². The number of halogens is 1. The van der Waals surface area contributed by atoms with Gasteiger partial charge in [-0.1, -0.05) is 12.1 Å². The zero-order valence-electron chi connectivity index (χ0n) is 20.6. The summed E-state index contributed by atoms with van der Waals surface area (Å²) in [6.07, 6.45) is -1.95. The van der Waals surface area contributed by atoms with Gasteiger partial charge in [0, 0.05) is 37.6 Å². The van der Waals surface area contributed by atoms with Gasteiger partial charge >= 0.3 is 12.2 Å². The number of nitrogens with one attached hydrogen (secondary N) is 2. The second kappa shape index (κ2) is 11.2. The second-order valence-electron chi connectivity index (χ2n) is 9.77. The number of hydrazine groups is 1. The lowest BCUT2D eigenvalue weighted by atomic mass is 10.1. The molecule has 188 valence electrons. The Morgan fingerprint density at radius 3 is 1.94 bits per heavy atom. The molecule has 0 saturated carbocycles. The molecule has 0 radical (unpaired) electrons. The lowest BCUT2D eigenvalue weighted by Crippen LogP contribution is -2.62. The summed E-state index contributed by atoms with van der Waals surface area (Å²) in [7, 11) is 0. The second-order valence-corrected chi connectivity index (χ2v) is 10.0. The van der Waals surface area contributed by atoms with E-state index < -0.39 is 35.3 Å².